The minimum atomic E-state index is -3.58. The van der Waals surface area contributed by atoms with Crippen molar-refractivity contribution in [2.45, 2.75) is 116 Å². The summed E-state index contributed by atoms with van der Waals surface area (Å²) in [5.41, 5.74) is 0. The van der Waals surface area contributed by atoms with Crippen LogP contribution in [0.2, 0.25) is 0 Å². The zero-order valence-electron chi connectivity index (χ0n) is 23.9. The molecule has 4 nitrogen and oxygen atoms in total. The van der Waals surface area contributed by atoms with Crippen molar-refractivity contribution in [2.75, 3.05) is 12.4 Å². The molecule has 0 saturated carbocycles. The van der Waals surface area contributed by atoms with E-state index < -0.39 is 23.4 Å². The van der Waals surface area contributed by atoms with Gasteiger partial charge in [0.15, 0.2) is 0 Å². The monoisotopic (exact) mass is 562 g/mol. The second-order valence-corrected chi connectivity index (χ2v) is 15.3. The molecule has 0 aliphatic carbocycles. The van der Waals surface area contributed by atoms with Crippen LogP contribution in [0.3, 0.4) is 0 Å². The zero-order valence-corrected chi connectivity index (χ0v) is 25.6. The Bertz CT molecular complexity index is 965. The molecular formula is C32H51O4PS. The molecule has 0 amide bonds. The van der Waals surface area contributed by atoms with E-state index in [2.05, 4.69) is 6.92 Å². The Morgan fingerprint density at radius 1 is 0.632 bits per heavy atom. The van der Waals surface area contributed by atoms with E-state index >= 15 is 0 Å². The van der Waals surface area contributed by atoms with Gasteiger partial charge in [-0.15, -0.1) is 0 Å². The van der Waals surface area contributed by atoms with Crippen LogP contribution in [0.15, 0.2) is 60.7 Å². The highest BCUT2D eigenvalue weighted by molar-refractivity contribution is 7.86. The number of rotatable bonds is 22. The summed E-state index contributed by atoms with van der Waals surface area (Å²) in [6, 6.07) is 19.1. The van der Waals surface area contributed by atoms with Crippen LogP contribution in [-0.4, -0.2) is 26.9 Å². The molecule has 0 fully saturated rings. The molecule has 2 aromatic rings. The molecule has 0 N–H and O–H groups in total. The fourth-order valence-corrected chi connectivity index (χ4v) is 8.59. The van der Waals surface area contributed by atoms with Crippen molar-refractivity contribution in [1.29, 1.82) is 0 Å². The summed E-state index contributed by atoms with van der Waals surface area (Å²) in [4.78, 5) is 0. The van der Waals surface area contributed by atoms with Gasteiger partial charge in [0, 0.05) is 16.8 Å². The lowest BCUT2D eigenvalue weighted by molar-refractivity contribution is 0.192. The van der Waals surface area contributed by atoms with Crippen molar-refractivity contribution >= 4 is 27.9 Å². The Morgan fingerprint density at radius 3 is 1.42 bits per heavy atom. The first-order valence-electron chi connectivity index (χ1n) is 14.9. The summed E-state index contributed by atoms with van der Waals surface area (Å²) in [7, 11) is -6.47. The van der Waals surface area contributed by atoms with Crippen LogP contribution in [0, 0.1) is 0 Å². The van der Waals surface area contributed by atoms with Gasteiger partial charge in [-0.1, -0.05) is 157 Å². The van der Waals surface area contributed by atoms with Crippen LogP contribution in [0.1, 0.15) is 110 Å². The van der Waals surface area contributed by atoms with E-state index in [1.165, 1.54) is 77.0 Å². The molecule has 0 bridgehead atoms. The van der Waals surface area contributed by atoms with Gasteiger partial charge in [0.1, 0.15) is 7.14 Å². The molecule has 1 atom stereocenters. The third-order valence-electron chi connectivity index (χ3n) is 7.30. The molecule has 38 heavy (non-hydrogen) atoms. The average Bonchev–Trinajstić information content (AvgIpc) is 2.91. The third-order valence-corrected chi connectivity index (χ3v) is 11.1. The van der Waals surface area contributed by atoms with Crippen LogP contribution in [0.25, 0.3) is 0 Å². The molecule has 0 heterocycles. The van der Waals surface area contributed by atoms with Crippen LogP contribution < -0.4 is 10.6 Å². The molecule has 6 heteroatoms. The first-order valence-corrected chi connectivity index (χ1v) is 18.6. The summed E-state index contributed by atoms with van der Waals surface area (Å²) in [6.07, 6.45) is 20.2. The van der Waals surface area contributed by atoms with Gasteiger partial charge in [-0.25, -0.2) is 0 Å². The van der Waals surface area contributed by atoms with Gasteiger partial charge in [-0.2, -0.15) is 8.42 Å². The number of hydrogen-bond donors (Lipinski definition) is 0. The van der Waals surface area contributed by atoms with Crippen molar-refractivity contribution in [1.82, 2.24) is 0 Å². The van der Waals surface area contributed by atoms with Crippen LogP contribution in [0.4, 0.5) is 0 Å². The molecule has 0 aromatic heterocycles. The third kappa shape index (κ3) is 13.6. The number of benzene rings is 2. The first-order chi connectivity index (χ1) is 18.3. The largest absolute Gasteiger partial charge is 0.314 e. The standard InChI is InChI=1S/C32H51O4PS/c1-3-4-5-6-7-8-9-10-11-12-13-14-15-18-23-30(36-38(2,34)35)28-29-37(33,31-24-19-16-20-25-31)32-26-21-17-22-27-32/h16-17,19-22,24-27,30H,3-15,18,23,28-29H2,1-2H3/t30-/m0/s1. The highest BCUT2D eigenvalue weighted by atomic mass is 32.2. The minimum Gasteiger partial charge on any atom is -0.314 e. The van der Waals surface area contributed by atoms with E-state index in [0.29, 0.717) is 19.0 Å². The topological polar surface area (TPSA) is 60.4 Å². The van der Waals surface area contributed by atoms with Gasteiger partial charge in [-0.05, 0) is 12.8 Å². The second-order valence-electron chi connectivity index (χ2n) is 10.7. The lowest BCUT2D eigenvalue weighted by Crippen LogP contribution is -2.24. The van der Waals surface area contributed by atoms with Crippen molar-refractivity contribution < 1.29 is 17.2 Å². The Hall–Kier alpha value is -1.42. The van der Waals surface area contributed by atoms with Gasteiger partial charge in [0.25, 0.3) is 10.1 Å². The Labute approximate surface area is 233 Å². The van der Waals surface area contributed by atoms with E-state index in [9.17, 15) is 13.0 Å². The average molecular weight is 563 g/mol. The number of unbranched alkanes of at least 4 members (excludes halogenated alkanes) is 13. The van der Waals surface area contributed by atoms with Crippen molar-refractivity contribution in [3.63, 3.8) is 0 Å². The SMILES string of the molecule is CCCCCCCCCCCCCCCC[C@@H](CCP(=O)(c1ccccc1)c1ccccc1)OS(C)(=O)=O. The van der Waals surface area contributed by atoms with Gasteiger partial charge < -0.3 is 4.57 Å². The Balaban J connectivity index is 1.75. The van der Waals surface area contributed by atoms with Gasteiger partial charge >= 0.3 is 0 Å². The maximum atomic E-state index is 14.3. The summed E-state index contributed by atoms with van der Waals surface area (Å²) in [5.74, 6) is 0. The van der Waals surface area contributed by atoms with Crippen molar-refractivity contribution in [3.05, 3.63) is 60.7 Å². The summed E-state index contributed by atoms with van der Waals surface area (Å²) in [6.45, 7) is 2.26. The number of hydrogen-bond acceptors (Lipinski definition) is 4. The fourth-order valence-electron chi connectivity index (χ4n) is 5.12. The van der Waals surface area contributed by atoms with Crippen molar-refractivity contribution in [2.24, 2.45) is 0 Å². The van der Waals surface area contributed by atoms with Crippen LogP contribution in [0.5, 0.6) is 0 Å². The molecule has 0 aliphatic rings. The molecule has 0 saturated heterocycles. The molecule has 0 aliphatic heterocycles. The highest BCUT2D eigenvalue weighted by Crippen LogP contribution is 2.44. The van der Waals surface area contributed by atoms with Gasteiger partial charge in [-0.3, -0.25) is 4.18 Å². The van der Waals surface area contributed by atoms with Crippen LogP contribution in [-0.2, 0) is 18.9 Å². The maximum absolute atomic E-state index is 14.3. The summed E-state index contributed by atoms with van der Waals surface area (Å²) in [5, 5.41) is 1.61. The predicted octanol–water partition coefficient (Wildman–Crippen LogP) is 8.61. The molecule has 0 unspecified atom stereocenters. The quantitative estimate of drug-likeness (QED) is 0.0819. The maximum Gasteiger partial charge on any atom is 0.264 e. The highest BCUT2D eigenvalue weighted by Gasteiger charge is 2.29. The molecular weight excluding hydrogens is 511 g/mol. The smallest absolute Gasteiger partial charge is 0.264 e. The normalized spacial score (nSPS) is 13.0. The molecule has 0 radical (unpaired) electrons. The van der Waals surface area contributed by atoms with E-state index in [1.54, 1.807) is 0 Å². The fraction of sp³-hybridized carbons (Fsp3) is 0.625. The molecule has 2 aromatic carbocycles. The van der Waals surface area contributed by atoms with Gasteiger partial charge in [0.2, 0.25) is 0 Å². The molecule has 214 valence electrons. The first kappa shape index (κ1) is 32.8. The second kappa shape index (κ2) is 18.8. The lowest BCUT2D eigenvalue weighted by Gasteiger charge is -2.23. The van der Waals surface area contributed by atoms with Crippen LogP contribution >= 0.6 is 7.14 Å². The predicted molar refractivity (Wildman–Crippen MR) is 164 cm³/mol. The molecule has 2 rings (SSSR count). The lowest BCUT2D eigenvalue weighted by atomic mass is 10.0. The molecule has 0 spiro atoms. The van der Waals surface area contributed by atoms with Crippen molar-refractivity contribution in [3.8, 4) is 0 Å². The Kier molecular flexibility index (Phi) is 16.2. The Morgan fingerprint density at radius 2 is 1.03 bits per heavy atom. The van der Waals surface area contributed by atoms with E-state index in [4.69, 9.17) is 4.18 Å². The summed E-state index contributed by atoms with van der Waals surface area (Å²) < 4.78 is 43.7. The minimum absolute atomic E-state index is 0.389. The zero-order chi connectivity index (χ0) is 27.5. The van der Waals surface area contributed by atoms with E-state index in [-0.39, 0.29) is 0 Å². The van der Waals surface area contributed by atoms with Gasteiger partial charge in [0.05, 0.1) is 12.4 Å². The van der Waals surface area contributed by atoms with E-state index in [1.807, 2.05) is 60.7 Å². The summed E-state index contributed by atoms with van der Waals surface area (Å²) >= 11 is 0. The van der Waals surface area contributed by atoms with E-state index in [0.717, 1.165) is 29.7 Å².